The monoisotopic (exact) mass is 296 g/mol. The molecule has 1 rings (SSSR count). The average Bonchev–Trinajstić information content (AvgIpc) is 2.35. The molecule has 1 aliphatic heterocycles. The lowest BCUT2D eigenvalue weighted by Crippen LogP contribution is -2.23. The summed E-state index contributed by atoms with van der Waals surface area (Å²) in [4.78, 5) is 4.57. The first-order valence-corrected chi connectivity index (χ1v) is 4.81. The zero-order valence-corrected chi connectivity index (χ0v) is 11.2. The van der Waals surface area contributed by atoms with Gasteiger partial charge < -0.3 is 9.80 Å². The summed E-state index contributed by atoms with van der Waals surface area (Å²) in [6.45, 7) is 6.84. The van der Waals surface area contributed by atoms with E-state index in [9.17, 15) is 0 Å². The molecule has 0 aromatic rings. The summed E-state index contributed by atoms with van der Waals surface area (Å²) >= 11 is 0. The first-order chi connectivity index (χ1) is 5.68. The van der Waals surface area contributed by atoms with Gasteiger partial charge in [-0.25, -0.2) is 0 Å². The number of hydrogen-bond acceptors (Lipinski definition) is 2. The molecule has 0 spiro atoms. The van der Waals surface area contributed by atoms with Crippen molar-refractivity contribution >= 4 is 24.0 Å². The van der Waals surface area contributed by atoms with Crippen LogP contribution in [-0.4, -0.2) is 30.1 Å². The molecule has 1 aliphatic rings. The third kappa shape index (κ3) is 5.39. The van der Waals surface area contributed by atoms with E-state index in [1.165, 1.54) is 19.4 Å². The molecule has 0 amide bonds. The van der Waals surface area contributed by atoms with E-state index in [-0.39, 0.29) is 24.0 Å². The third-order valence-corrected chi connectivity index (χ3v) is 2.16. The predicted octanol–water partition coefficient (Wildman–Crippen LogP) is 2.72. The summed E-state index contributed by atoms with van der Waals surface area (Å²) in [5.74, 6) is 0.842. The second-order valence-corrected chi connectivity index (χ2v) is 4.05. The standard InChI is InChI=1S/C10H20N2.HI/c1-10(2)5-4-6-12-8-7-11(3)9-12;/h7-8,10H,4-6,9H2,1-3H3;1H. The van der Waals surface area contributed by atoms with E-state index >= 15 is 0 Å². The Labute approximate surface area is 99.0 Å². The third-order valence-electron chi connectivity index (χ3n) is 2.16. The topological polar surface area (TPSA) is 6.48 Å². The molecule has 0 atom stereocenters. The van der Waals surface area contributed by atoms with E-state index in [0.717, 1.165) is 12.6 Å². The van der Waals surface area contributed by atoms with Crippen LogP contribution >= 0.6 is 24.0 Å². The van der Waals surface area contributed by atoms with Crippen molar-refractivity contribution in [3.8, 4) is 0 Å². The van der Waals surface area contributed by atoms with Crippen molar-refractivity contribution < 1.29 is 0 Å². The molecule has 78 valence electrons. The molecule has 0 saturated carbocycles. The number of hydrogen-bond donors (Lipinski definition) is 0. The molecule has 0 N–H and O–H groups in total. The highest BCUT2D eigenvalue weighted by Gasteiger charge is 2.07. The molecule has 0 aromatic heterocycles. The van der Waals surface area contributed by atoms with Gasteiger partial charge in [-0.05, 0) is 18.8 Å². The second kappa shape index (κ2) is 6.51. The lowest BCUT2D eigenvalue weighted by Gasteiger charge is -2.18. The summed E-state index contributed by atoms with van der Waals surface area (Å²) in [6, 6.07) is 0. The van der Waals surface area contributed by atoms with Gasteiger partial charge in [-0.15, -0.1) is 24.0 Å². The van der Waals surface area contributed by atoms with Crippen molar-refractivity contribution in [1.82, 2.24) is 9.80 Å². The van der Waals surface area contributed by atoms with Crippen molar-refractivity contribution in [2.75, 3.05) is 20.3 Å². The van der Waals surface area contributed by atoms with Crippen molar-refractivity contribution in [3.63, 3.8) is 0 Å². The molecule has 2 nitrogen and oxygen atoms in total. The van der Waals surface area contributed by atoms with Crippen molar-refractivity contribution in [2.45, 2.75) is 26.7 Å². The van der Waals surface area contributed by atoms with Crippen LogP contribution in [0.1, 0.15) is 26.7 Å². The molecule has 0 radical (unpaired) electrons. The van der Waals surface area contributed by atoms with Gasteiger partial charge in [-0.2, -0.15) is 0 Å². The molecule has 0 aliphatic carbocycles. The molecule has 0 bridgehead atoms. The van der Waals surface area contributed by atoms with Crippen molar-refractivity contribution in [2.24, 2.45) is 5.92 Å². The zero-order chi connectivity index (χ0) is 8.97. The summed E-state index contributed by atoms with van der Waals surface area (Å²) in [5.41, 5.74) is 0. The van der Waals surface area contributed by atoms with Crippen LogP contribution in [0.4, 0.5) is 0 Å². The van der Waals surface area contributed by atoms with Gasteiger partial charge in [0.1, 0.15) is 0 Å². The van der Waals surface area contributed by atoms with Gasteiger partial charge in [-0.3, -0.25) is 0 Å². The fourth-order valence-corrected chi connectivity index (χ4v) is 1.44. The Morgan fingerprint density at radius 3 is 2.46 bits per heavy atom. The van der Waals surface area contributed by atoms with E-state index in [0.29, 0.717) is 0 Å². The van der Waals surface area contributed by atoms with E-state index < -0.39 is 0 Å². The van der Waals surface area contributed by atoms with Crippen molar-refractivity contribution in [3.05, 3.63) is 12.4 Å². The molecular formula is C10H21IN2. The summed E-state index contributed by atoms with van der Waals surface area (Å²) in [6.07, 6.45) is 6.97. The number of rotatable bonds is 4. The Morgan fingerprint density at radius 2 is 2.00 bits per heavy atom. The van der Waals surface area contributed by atoms with Gasteiger partial charge in [0, 0.05) is 26.0 Å². The minimum atomic E-state index is 0. The average molecular weight is 296 g/mol. The van der Waals surface area contributed by atoms with Crippen LogP contribution in [0.5, 0.6) is 0 Å². The maximum absolute atomic E-state index is 2.36. The van der Waals surface area contributed by atoms with Gasteiger partial charge in [0.2, 0.25) is 0 Å². The molecule has 0 aromatic carbocycles. The van der Waals surface area contributed by atoms with E-state index in [4.69, 9.17) is 0 Å². The van der Waals surface area contributed by atoms with E-state index in [1.807, 2.05) is 0 Å². The minimum Gasteiger partial charge on any atom is -0.362 e. The smallest absolute Gasteiger partial charge is 0.0890 e. The van der Waals surface area contributed by atoms with Crippen LogP contribution in [0.3, 0.4) is 0 Å². The summed E-state index contributed by atoms with van der Waals surface area (Å²) < 4.78 is 0. The maximum atomic E-state index is 2.36. The lowest BCUT2D eigenvalue weighted by molar-refractivity contribution is 0.287. The first-order valence-electron chi connectivity index (χ1n) is 4.81. The Hall–Kier alpha value is 0.0700. The molecular weight excluding hydrogens is 275 g/mol. The Bertz CT molecular complexity index is 157. The summed E-state index contributed by atoms with van der Waals surface area (Å²) in [5, 5.41) is 0. The van der Waals surface area contributed by atoms with Gasteiger partial charge in [0.15, 0.2) is 0 Å². The quantitative estimate of drug-likeness (QED) is 0.736. The molecule has 0 unspecified atom stereocenters. The fraction of sp³-hybridized carbons (Fsp3) is 0.800. The summed E-state index contributed by atoms with van der Waals surface area (Å²) in [7, 11) is 2.11. The molecule has 13 heavy (non-hydrogen) atoms. The number of halogens is 1. The maximum Gasteiger partial charge on any atom is 0.0890 e. The molecule has 0 saturated heterocycles. The Morgan fingerprint density at radius 1 is 1.31 bits per heavy atom. The van der Waals surface area contributed by atoms with Gasteiger partial charge in [0.05, 0.1) is 6.67 Å². The highest BCUT2D eigenvalue weighted by atomic mass is 127. The lowest BCUT2D eigenvalue weighted by atomic mass is 10.1. The SMILES string of the molecule is CC(C)CCCN1C=CN(C)C1.I. The zero-order valence-electron chi connectivity index (χ0n) is 8.86. The largest absolute Gasteiger partial charge is 0.362 e. The van der Waals surface area contributed by atoms with Crippen LogP contribution in [-0.2, 0) is 0 Å². The minimum absolute atomic E-state index is 0. The van der Waals surface area contributed by atoms with Crippen LogP contribution < -0.4 is 0 Å². The second-order valence-electron chi connectivity index (χ2n) is 4.05. The van der Waals surface area contributed by atoms with Crippen LogP contribution in [0, 0.1) is 5.92 Å². The van der Waals surface area contributed by atoms with Crippen molar-refractivity contribution in [1.29, 1.82) is 0 Å². The highest BCUT2D eigenvalue weighted by molar-refractivity contribution is 14.0. The van der Waals surface area contributed by atoms with Crippen LogP contribution in [0.15, 0.2) is 12.4 Å². The van der Waals surface area contributed by atoms with Crippen LogP contribution in [0.25, 0.3) is 0 Å². The Balaban J connectivity index is 0.00000144. The molecule has 3 heteroatoms. The van der Waals surface area contributed by atoms with Gasteiger partial charge in [0.25, 0.3) is 0 Å². The highest BCUT2D eigenvalue weighted by Crippen LogP contribution is 2.08. The van der Waals surface area contributed by atoms with Gasteiger partial charge >= 0.3 is 0 Å². The number of nitrogens with zero attached hydrogens (tertiary/aromatic N) is 2. The predicted molar refractivity (Wildman–Crippen MR) is 68.0 cm³/mol. The molecule has 1 heterocycles. The van der Waals surface area contributed by atoms with Gasteiger partial charge in [-0.1, -0.05) is 13.8 Å². The molecule has 0 fully saturated rings. The normalized spacial score (nSPS) is 15.4. The Kier molecular flexibility index (Phi) is 6.55. The van der Waals surface area contributed by atoms with E-state index in [1.54, 1.807) is 0 Å². The first kappa shape index (κ1) is 13.1. The van der Waals surface area contributed by atoms with Crippen LogP contribution in [0.2, 0.25) is 0 Å². The fourth-order valence-electron chi connectivity index (χ4n) is 1.44. The van der Waals surface area contributed by atoms with E-state index in [2.05, 4.69) is 43.1 Å².